The fourth-order valence-electron chi connectivity index (χ4n) is 2.28. The van der Waals surface area contributed by atoms with Crippen molar-refractivity contribution in [1.82, 2.24) is 14.5 Å². The average molecular weight is 317 g/mol. The molecular formula is C14H27N3O3S. The first-order chi connectivity index (χ1) is 9.74. The molecular weight excluding hydrogens is 290 g/mol. The quantitative estimate of drug-likeness (QED) is 0.762. The van der Waals surface area contributed by atoms with Gasteiger partial charge in [-0.25, -0.2) is 13.1 Å². The van der Waals surface area contributed by atoms with Gasteiger partial charge in [0.2, 0.25) is 10.0 Å². The number of rotatable bonds is 8. The molecule has 0 fully saturated rings. The first kappa shape index (κ1) is 18.1. The number of aliphatic hydroxyl groups is 1. The SMILES string of the molecule is CCC(C)C(C)NS(=O)(=O)c1c(C)nn(CCCO)c1C. The van der Waals surface area contributed by atoms with Gasteiger partial charge in [0.25, 0.3) is 0 Å². The predicted octanol–water partition coefficient (Wildman–Crippen LogP) is 1.60. The number of sulfonamides is 1. The number of nitrogens with zero attached hydrogens (tertiary/aromatic N) is 2. The van der Waals surface area contributed by atoms with Gasteiger partial charge in [-0.05, 0) is 33.1 Å². The van der Waals surface area contributed by atoms with Crippen molar-refractivity contribution in [2.75, 3.05) is 6.61 Å². The molecule has 2 unspecified atom stereocenters. The van der Waals surface area contributed by atoms with E-state index in [0.29, 0.717) is 24.4 Å². The zero-order valence-electron chi connectivity index (χ0n) is 13.5. The van der Waals surface area contributed by atoms with Crippen LogP contribution < -0.4 is 4.72 Å². The van der Waals surface area contributed by atoms with E-state index < -0.39 is 10.0 Å². The molecule has 21 heavy (non-hydrogen) atoms. The van der Waals surface area contributed by atoms with Crippen LogP contribution in [0.25, 0.3) is 0 Å². The molecule has 1 heterocycles. The van der Waals surface area contributed by atoms with Crippen LogP contribution in [0.1, 0.15) is 45.0 Å². The molecule has 6 nitrogen and oxygen atoms in total. The molecule has 0 aliphatic carbocycles. The van der Waals surface area contributed by atoms with Crippen LogP contribution in [0.2, 0.25) is 0 Å². The summed E-state index contributed by atoms with van der Waals surface area (Å²) in [7, 11) is -3.58. The molecule has 2 atom stereocenters. The number of aryl methyl sites for hydroxylation is 2. The van der Waals surface area contributed by atoms with E-state index in [2.05, 4.69) is 9.82 Å². The van der Waals surface area contributed by atoms with Gasteiger partial charge in [0.15, 0.2) is 0 Å². The largest absolute Gasteiger partial charge is 0.396 e. The molecule has 2 N–H and O–H groups in total. The summed E-state index contributed by atoms with van der Waals surface area (Å²) in [6, 6.07) is -0.125. The van der Waals surface area contributed by atoms with E-state index in [-0.39, 0.29) is 23.5 Å². The minimum Gasteiger partial charge on any atom is -0.396 e. The molecule has 0 aliphatic heterocycles. The van der Waals surface area contributed by atoms with Crippen LogP contribution >= 0.6 is 0 Å². The fourth-order valence-corrected chi connectivity index (χ4v) is 4.04. The molecule has 0 bridgehead atoms. The van der Waals surface area contributed by atoms with Gasteiger partial charge >= 0.3 is 0 Å². The fraction of sp³-hybridized carbons (Fsp3) is 0.786. The second kappa shape index (κ2) is 7.38. The van der Waals surface area contributed by atoms with Gasteiger partial charge in [0.05, 0.1) is 11.4 Å². The molecule has 0 aromatic carbocycles. The van der Waals surface area contributed by atoms with Gasteiger partial charge in [-0.2, -0.15) is 5.10 Å². The van der Waals surface area contributed by atoms with Crippen LogP contribution in [-0.4, -0.2) is 36.0 Å². The van der Waals surface area contributed by atoms with Crippen molar-refractivity contribution in [3.05, 3.63) is 11.4 Å². The Morgan fingerprint density at radius 3 is 2.48 bits per heavy atom. The van der Waals surface area contributed by atoms with Gasteiger partial charge < -0.3 is 5.11 Å². The lowest BCUT2D eigenvalue weighted by molar-refractivity contribution is 0.276. The molecule has 1 aromatic rings. The Bertz CT molecular complexity index is 566. The number of aliphatic hydroxyl groups excluding tert-OH is 1. The Hall–Kier alpha value is -0.920. The molecule has 0 spiro atoms. The van der Waals surface area contributed by atoms with Gasteiger partial charge in [-0.3, -0.25) is 4.68 Å². The smallest absolute Gasteiger partial charge is 0.244 e. The van der Waals surface area contributed by atoms with Gasteiger partial charge in [0, 0.05) is 19.2 Å². The number of hydrogen-bond donors (Lipinski definition) is 2. The molecule has 0 saturated heterocycles. The first-order valence-corrected chi connectivity index (χ1v) is 8.90. The van der Waals surface area contributed by atoms with Gasteiger partial charge in [-0.1, -0.05) is 20.3 Å². The summed E-state index contributed by atoms with van der Waals surface area (Å²) in [4.78, 5) is 0.260. The molecule has 1 aromatic heterocycles. The van der Waals surface area contributed by atoms with Gasteiger partial charge in [0.1, 0.15) is 4.90 Å². The number of nitrogens with one attached hydrogen (secondary N) is 1. The van der Waals surface area contributed by atoms with Crippen LogP contribution in [0.3, 0.4) is 0 Å². The second-order valence-electron chi connectivity index (χ2n) is 5.60. The minimum atomic E-state index is -3.58. The van der Waals surface area contributed by atoms with Crippen molar-refractivity contribution in [1.29, 1.82) is 0 Å². The van der Waals surface area contributed by atoms with E-state index in [1.165, 1.54) is 0 Å². The maximum Gasteiger partial charge on any atom is 0.244 e. The Morgan fingerprint density at radius 2 is 1.95 bits per heavy atom. The Morgan fingerprint density at radius 1 is 1.33 bits per heavy atom. The van der Waals surface area contributed by atoms with Crippen molar-refractivity contribution < 1.29 is 13.5 Å². The van der Waals surface area contributed by atoms with Crippen molar-refractivity contribution in [3.63, 3.8) is 0 Å². The third-order valence-electron chi connectivity index (χ3n) is 3.95. The summed E-state index contributed by atoms with van der Waals surface area (Å²) in [5, 5.41) is 13.2. The van der Waals surface area contributed by atoms with E-state index in [4.69, 9.17) is 5.11 Å². The monoisotopic (exact) mass is 317 g/mol. The summed E-state index contributed by atoms with van der Waals surface area (Å²) in [6.45, 7) is 9.97. The molecule has 0 aliphatic rings. The average Bonchev–Trinajstić information content (AvgIpc) is 2.69. The molecule has 0 amide bonds. The summed E-state index contributed by atoms with van der Waals surface area (Å²) in [5.41, 5.74) is 1.11. The Kier molecular flexibility index (Phi) is 6.37. The van der Waals surface area contributed by atoms with E-state index in [1.54, 1.807) is 18.5 Å². The lowest BCUT2D eigenvalue weighted by Crippen LogP contribution is -2.37. The minimum absolute atomic E-state index is 0.0593. The predicted molar refractivity (Wildman–Crippen MR) is 82.6 cm³/mol. The topological polar surface area (TPSA) is 84.2 Å². The molecule has 0 radical (unpaired) electrons. The third kappa shape index (κ3) is 4.28. The van der Waals surface area contributed by atoms with Gasteiger partial charge in [-0.15, -0.1) is 0 Å². The number of aromatic nitrogens is 2. The molecule has 0 saturated carbocycles. The summed E-state index contributed by atoms with van der Waals surface area (Å²) in [5.74, 6) is 0.268. The number of hydrogen-bond acceptors (Lipinski definition) is 4. The van der Waals surface area contributed by atoms with Crippen LogP contribution in [0.15, 0.2) is 4.90 Å². The highest BCUT2D eigenvalue weighted by molar-refractivity contribution is 7.89. The van der Waals surface area contributed by atoms with Crippen LogP contribution in [0.4, 0.5) is 0 Å². The third-order valence-corrected chi connectivity index (χ3v) is 5.76. The summed E-state index contributed by atoms with van der Waals surface area (Å²) < 4.78 is 29.5. The Labute approximate surface area is 127 Å². The lowest BCUT2D eigenvalue weighted by atomic mass is 10.0. The second-order valence-corrected chi connectivity index (χ2v) is 7.25. The summed E-state index contributed by atoms with van der Waals surface area (Å²) >= 11 is 0. The maximum absolute atomic E-state index is 12.6. The highest BCUT2D eigenvalue weighted by Crippen LogP contribution is 2.21. The maximum atomic E-state index is 12.6. The van der Waals surface area contributed by atoms with Crippen molar-refractivity contribution in [2.45, 2.75) is 64.9 Å². The molecule has 122 valence electrons. The highest BCUT2D eigenvalue weighted by atomic mass is 32.2. The normalized spacial score (nSPS) is 15.1. The van der Waals surface area contributed by atoms with E-state index >= 15 is 0 Å². The standard InChI is InChI=1S/C14H27N3O3S/c1-6-10(2)11(3)16-21(19,20)14-12(4)15-17(13(14)5)8-7-9-18/h10-11,16,18H,6-9H2,1-5H3. The van der Waals surface area contributed by atoms with Crippen molar-refractivity contribution in [2.24, 2.45) is 5.92 Å². The Balaban J connectivity index is 3.06. The van der Waals surface area contributed by atoms with Crippen molar-refractivity contribution in [3.8, 4) is 0 Å². The molecule has 7 heteroatoms. The molecule has 1 rings (SSSR count). The lowest BCUT2D eigenvalue weighted by Gasteiger charge is -2.20. The van der Waals surface area contributed by atoms with E-state index in [9.17, 15) is 8.42 Å². The zero-order valence-corrected chi connectivity index (χ0v) is 14.4. The van der Waals surface area contributed by atoms with Crippen LogP contribution in [0, 0.1) is 19.8 Å². The van der Waals surface area contributed by atoms with Crippen LogP contribution in [0.5, 0.6) is 0 Å². The van der Waals surface area contributed by atoms with Crippen molar-refractivity contribution >= 4 is 10.0 Å². The first-order valence-electron chi connectivity index (χ1n) is 7.41. The van der Waals surface area contributed by atoms with E-state index in [0.717, 1.165) is 6.42 Å². The van der Waals surface area contributed by atoms with Crippen LogP contribution in [-0.2, 0) is 16.6 Å². The summed E-state index contributed by atoms with van der Waals surface area (Å²) in [6.07, 6.45) is 1.47. The van der Waals surface area contributed by atoms with E-state index in [1.807, 2.05) is 20.8 Å². The zero-order chi connectivity index (χ0) is 16.2. The highest BCUT2D eigenvalue weighted by Gasteiger charge is 2.27.